The van der Waals surface area contributed by atoms with Crippen LogP contribution in [-0.2, 0) is 6.42 Å². The van der Waals surface area contributed by atoms with Gasteiger partial charge in [-0.25, -0.2) is 8.78 Å². The van der Waals surface area contributed by atoms with E-state index in [9.17, 15) is 8.78 Å². The summed E-state index contributed by atoms with van der Waals surface area (Å²) in [5, 5.41) is 11.7. The molecule has 0 atom stereocenters. The van der Waals surface area contributed by atoms with Crippen LogP contribution in [0.5, 0.6) is 0 Å². The van der Waals surface area contributed by atoms with Crippen molar-refractivity contribution >= 4 is 21.6 Å². The van der Waals surface area contributed by atoms with Gasteiger partial charge in [0.05, 0.1) is 15.7 Å². The number of hydrogen-bond acceptors (Lipinski definition) is 2. The normalized spacial score (nSPS) is 10.1. The molecule has 0 aliphatic carbocycles. The van der Waals surface area contributed by atoms with Gasteiger partial charge >= 0.3 is 0 Å². The number of nitrogens with one attached hydrogen (secondary N) is 1. The van der Waals surface area contributed by atoms with Crippen LogP contribution in [0.4, 0.5) is 14.5 Å². The summed E-state index contributed by atoms with van der Waals surface area (Å²) in [6.07, 6.45) is 0.578. The van der Waals surface area contributed by atoms with Crippen LogP contribution in [0.15, 0.2) is 40.9 Å². The van der Waals surface area contributed by atoms with Gasteiger partial charge in [-0.1, -0.05) is 12.1 Å². The van der Waals surface area contributed by atoms with Crippen LogP contribution >= 0.6 is 15.9 Å². The van der Waals surface area contributed by atoms with Crippen LogP contribution in [0.3, 0.4) is 0 Å². The van der Waals surface area contributed by atoms with Crippen LogP contribution < -0.4 is 5.32 Å². The standard InChI is InChI=1S/C15H11BrF2N2/c16-14-11(9-19)4-5-13(15(14)18)20-7-6-10-2-1-3-12(17)8-10/h1-5,8,20H,6-7H2. The van der Waals surface area contributed by atoms with Crippen molar-refractivity contribution in [3.63, 3.8) is 0 Å². The number of nitrogens with zero attached hydrogens (tertiary/aromatic N) is 1. The topological polar surface area (TPSA) is 35.8 Å². The summed E-state index contributed by atoms with van der Waals surface area (Å²) in [4.78, 5) is 0. The van der Waals surface area contributed by atoms with Gasteiger partial charge in [0.1, 0.15) is 11.9 Å². The van der Waals surface area contributed by atoms with E-state index in [2.05, 4.69) is 21.2 Å². The summed E-state index contributed by atoms with van der Waals surface area (Å²) in [6, 6.07) is 11.2. The van der Waals surface area contributed by atoms with Crippen molar-refractivity contribution in [1.82, 2.24) is 0 Å². The van der Waals surface area contributed by atoms with Gasteiger partial charge in [-0.3, -0.25) is 0 Å². The first-order valence-electron chi connectivity index (χ1n) is 5.98. The molecule has 2 rings (SSSR count). The number of anilines is 1. The Hall–Kier alpha value is -1.93. The second kappa shape index (κ2) is 6.49. The Morgan fingerprint density at radius 2 is 2.00 bits per heavy atom. The minimum atomic E-state index is -0.497. The Balaban J connectivity index is 2.02. The molecule has 0 saturated carbocycles. The fourth-order valence-corrected chi connectivity index (χ4v) is 2.24. The van der Waals surface area contributed by atoms with Crippen molar-refractivity contribution in [2.75, 3.05) is 11.9 Å². The quantitative estimate of drug-likeness (QED) is 0.905. The number of halogens is 3. The van der Waals surface area contributed by atoms with Crippen molar-refractivity contribution in [2.45, 2.75) is 6.42 Å². The van der Waals surface area contributed by atoms with Crippen LogP contribution in [0.2, 0.25) is 0 Å². The Morgan fingerprint density at radius 3 is 2.70 bits per heavy atom. The van der Waals surface area contributed by atoms with Gasteiger partial charge in [-0.2, -0.15) is 5.26 Å². The largest absolute Gasteiger partial charge is 0.382 e. The van der Waals surface area contributed by atoms with E-state index in [0.717, 1.165) is 5.56 Å². The molecule has 0 spiro atoms. The van der Waals surface area contributed by atoms with Crippen LogP contribution in [0.1, 0.15) is 11.1 Å². The van der Waals surface area contributed by atoms with E-state index in [1.54, 1.807) is 6.07 Å². The van der Waals surface area contributed by atoms with Crippen LogP contribution in [0, 0.1) is 23.0 Å². The Labute approximate surface area is 124 Å². The molecule has 102 valence electrons. The summed E-state index contributed by atoms with van der Waals surface area (Å²) in [5.74, 6) is -0.780. The summed E-state index contributed by atoms with van der Waals surface area (Å²) in [5.41, 5.74) is 1.40. The fourth-order valence-electron chi connectivity index (χ4n) is 1.81. The van der Waals surface area contributed by atoms with Crippen molar-refractivity contribution in [1.29, 1.82) is 5.26 Å². The predicted molar refractivity (Wildman–Crippen MR) is 77.4 cm³/mol. The number of hydrogen-bond donors (Lipinski definition) is 1. The van der Waals surface area contributed by atoms with Gasteiger partial charge in [0.15, 0.2) is 5.82 Å². The van der Waals surface area contributed by atoms with Crippen molar-refractivity contribution in [2.24, 2.45) is 0 Å². The summed E-state index contributed by atoms with van der Waals surface area (Å²) in [7, 11) is 0. The van der Waals surface area contributed by atoms with E-state index >= 15 is 0 Å². The monoisotopic (exact) mass is 336 g/mol. The van der Waals surface area contributed by atoms with Crippen LogP contribution in [0.25, 0.3) is 0 Å². The molecule has 0 fully saturated rings. The summed E-state index contributed by atoms with van der Waals surface area (Å²) >= 11 is 3.05. The zero-order valence-electron chi connectivity index (χ0n) is 10.5. The zero-order chi connectivity index (χ0) is 14.5. The number of rotatable bonds is 4. The Kier molecular flexibility index (Phi) is 4.70. The lowest BCUT2D eigenvalue weighted by Gasteiger charge is -2.09. The molecular weight excluding hydrogens is 326 g/mol. The molecule has 0 amide bonds. The maximum Gasteiger partial charge on any atom is 0.161 e. The Bertz CT molecular complexity index is 665. The highest BCUT2D eigenvalue weighted by Crippen LogP contribution is 2.26. The minimum absolute atomic E-state index is 0.149. The minimum Gasteiger partial charge on any atom is -0.382 e. The average Bonchev–Trinajstić information content (AvgIpc) is 2.44. The highest BCUT2D eigenvalue weighted by molar-refractivity contribution is 9.10. The SMILES string of the molecule is N#Cc1ccc(NCCc2cccc(F)c2)c(F)c1Br. The molecule has 0 radical (unpaired) electrons. The molecule has 0 aliphatic rings. The third kappa shape index (κ3) is 3.34. The maximum absolute atomic E-state index is 13.9. The molecule has 0 bridgehead atoms. The highest BCUT2D eigenvalue weighted by atomic mass is 79.9. The number of benzene rings is 2. The fraction of sp³-hybridized carbons (Fsp3) is 0.133. The Morgan fingerprint density at radius 1 is 1.20 bits per heavy atom. The lowest BCUT2D eigenvalue weighted by molar-refractivity contribution is 0.621. The third-order valence-electron chi connectivity index (χ3n) is 2.82. The second-order valence-electron chi connectivity index (χ2n) is 4.21. The summed E-state index contributed by atoms with van der Waals surface area (Å²) < 4.78 is 27.1. The maximum atomic E-state index is 13.9. The highest BCUT2D eigenvalue weighted by Gasteiger charge is 2.10. The first-order chi connectivity index (χ1) is 9.61. The third-order valence-corrected chi connectivity index (χ3v) is 3.60. The molecule has 2 aromatic carbocycles. The van der Waals surface area contributed by atoms with E-state index in [4.69, 9.17) is 5.26 Å². The van der Waals surface area contributed by atoms with Gasteiger partial charge in [0, 0.05) is 6.54 Å². The van der Waals surface area contributed by atoms with Gasteiger partial charge in [0.2, 0.25) is 0 Å². The molecule has 0 aliphatic heterocycles. The summed E-state index contributed by atoms with van der Waals surface area (Å²) in [6.45, 7) is 0.471. The van der Waals surface area contributed by atoms with Crippen LogP contribution in [-0.4, -0.2) is 6.54 Å². The van der Waals surface area contributed by atoms with Crippen molar-refractivity contribution < 1.29 is 8.78 Å². The van der Waals surface area contributed by atoms with Gasteiger partial charge in [-0.15, -0.1) is 0 Å². The lowest BCUT2D eigenvalue weighted by atomic mass is 10.1. The molecule has 5 heteroatoms. The van der Waals surface area contributed by atoms with E-state index < -0.39 is 5.82 Å². The molecule has 0 heterocycles. The predicted octanol–water partition coefficient (Wildman–Crippen LogP) is 4.25. The lowest BCUT2D eigenvalue weighted by Crippen LogP contribution is -2.07. The molecule has 0 aromatic heterocycles. The molecular formula is C15H11BrF2N2. The van der Waals surface area contributed by atoms with Crippen molar-refractivity contribution in [3.8, 4) is 6.07 Å². The molecule has 2 nitrogen and oxygen atoms in total. The first kappa shape index (κ1) is 14.5. The second-order valence-corrected chi connectivity index (χ2v) is 5.00. The van der Waals surface area contributed by atoms with E-state index in [1.165, 1.54) is 24.3 Å². The molecule has 20 heavy (non-hydrogen) atoms. The smallest absolute Gasteiger partial charge is 0.161 e. The molecule has 0 unspecified atom stereocenters. The molecule has 1 N–H and O–H groups in total. The van der Waals surface area contributed by atoms with E-state index in [1.807, 2.05) is 12.1 Å². The molecule has 2 aromatic rings. The zero-order valence-corrected chi connectivity index (χ0v) is 12.0. The first-order valence-corrected chi connectivity index (χ1v) is 6.77. The van der Waals surface area contributed by atoms with Gasteiger partial charge in [-0.05, 0) is 52.2 Å². The van der Waals surface area contributed by atoms with E-state index in [0.29, 0.717) is 18.7 Å². The van der Waals surface area contributed by atoms with Crippen molar-refractivity contribution in [3.05, 3.63) is 63.6 Å². The van der Waals surface area contributed by atoms with Gasteiger partial charge in [0.25, 0.3) is 0 Å². The number of nitriles is 1. The van der Waals surface area contributed by atoms with E-state index in [-0.39, 0.29) is 15.9 Å². The average molecular weight is 337 g/mol. The van der Waals surface area contributed by atoms with Gasteiger partial charge < -0.3 is 5.32 Å². The molecule has 0 saturated heterocycles.